The maximum Gasteiger partial charge on any atom is 0.0423 e. The first-order chi connectivity index (χ1) is 9.67. The van der Waals surface area contributed by atoms with Gasteiger partial charge in [-0.15, -0.1) is 11.3 Å². The Labute approximate surface area is 127 Å². The molecular weight excluding hydrogens is 262 g/mol. The molecule has 0 bridgehead atoms. The normalized spacial score (nSPS) is 13.4. The van der Waals surface area contributed by atoms with E-state index in [0.717, 1.165) is 12.8 Å². The Kier molecular flexibility index (Phi) is 5.00. The van der Waals surface area contributed by atoms with Crippen LogP contribution in [0, 0.1) is 6.92 Å². The zero-order valence-corrected chi connectivity index (χ0v) is 13.8. The number of rotatable bonds is 6. The quantitative estimate of drug-likeness (QED) is 0.781. The summed E-state index contributed by atoms with van der Waals surface area (Å²) in [6.07, 6.45) is 2.27. The highest BCUT2D eigenvalue weighted by Crippen LogP contribution is 2.43. The zero-order chi connectivity index (χ0) is 14.6. The minimum atomic E-state index is 0.156. The van der Waals surface area contributed by atoms with Gasteiger partial charge >= 0.3 is 0 Å². The molecule has 0 amide bonds. The van der Waals surface area contributed by atoms with Crippen LogP contribution in [-0.2, 0) is 5.41 Å². The Balaban J connectivity index is 2.50. The van der Waals surface area contributed by atoms with Crippen molar-refractivity contribution in [2.24, 2.45) is 0 Å². The number of aryl methyl sites for hydroxylation is 1. The number of hydrogen-bond acceptors (Lipinski definition) is 2. The van der Waals surface area contributed by atoms with Crippen LogP contribution in [0.1, 0.15) is 48.7 Å². The molecule has 1 heterocycles. The van der Waals surface area contributed by atoms with Crippen LogP contribution in [0.15, 0.2) is 41.8 Å². The third kappa shape index (κ3) is 2.68. The van der Waals surface area contributed by atoms with Gasteiger partial charge in [-0.3, -0.25) is 0 Å². The van der Waals surface area contributed by atoms with Crippen LogP contribution in [-0.4, -0.2) is 7.05 Å². The van der Waals surface area contributed by atoms with E-state index in [-0.39, 0.29) is 5.41 Å². The number of thiophene rings is 1. The van der Waals surface area contributed by atoms with E-state index in [0.29, 0.717) is 6.04 Å². The smallest absolute Gasteiger partial charge is 0.0423 e. The molecule has 0 aliphatic rings. The maximum atomic E-state index is 3.58. The standard InChI is InChI=1S/C18H25NS/c1-5-18(6-2,16-10-8-7-9-11-16)17(19-4)15-12-14(3)20-13-15/h7-13,17,19H,5-6H2,1-4H3. The van der Waals surface area contributed by atoms with Gasteiger partial charge in [0.2, 0.25) is 0 Å². The van der Waals surface area contributed by atoms with Crippen LogP contribution in [0.25, 0.3) is 0 Å². The molecule has 1 N–H and O–H groups in total. The molecule has 2 aromatic rings. The summed E-state index contributed by atoms with van der Waals surface area (Å²) in [6, 6.07) is 13.6. The summed E-state index contributed by atoms with van der Waals surface area (Å²) in [7, 11) is 2.08. The van der Waals surface area contributed by atoms with Gasteiger partial charge in [0.25, 0.3) is 0 Å². The second kappa shape index (κ2) is 6.55. The van der Waals surface area contributed by atoms with Crippen molar-refractivity contribution in [2.45, 2.75) is 45.1 Å². The van der Waals surface area contributed by atoms with Crippen LogP contribution in [0.3, 0.4) is 0 Å². The molecule has 0 fully saturated rings. The number of likely N-dealkylation sites (N-methyl/N-ethyl adjacent to an activating group) is 1. The summed E-state index contributed by atoms with van der Waals surface area (Å²) in [5.74, 6) is 0. The van der Waals surface area contributed by atoms with Crippen LogP contribution in [0.4, 0.5) is 0 Å². The molecule has 108 valence electrons. The molecule has 0 radical (unpaired) electrons. The Hall–Kier alpha value is -1.12. The number of benzene rings is 1. The summed E-state index contributed by atoms with van der Waals surface area (Å²) >= 11 is 1.84. The lowest BCUT2D eigenvalue weighted by molar-refractivity contribution is 0.287. The molecule has 0 aliphatic carbocycles. The number of hydrogen-bond donors (Lipinski definition) is 1. The fourth-order valence-electron chi connectivity index (χ4n) is 3.38. The molecule has 1 nitrogen and oxygen atoms in total. The van der Waals surface area contributed by atoms with Gasteiger partial charge in [0, 0.05) is 16.3 Å². The van der Waals surface area contributed by atoms with Gasteiger partial charge in [0.05, 0.1) is 0 Å². The zero-order valence-electron chi connectivity index (χ0n) is 12.9. The third-order valence-corrected chi connectivity index (χ3v) is 5.42. The lowest BCUT2D eigenvalue weighted by atomic mass is 9.68. The van der Waals surface area contributed by atoms with Crippen LogP contribution in [0.2, 0.25) is 0 Å². The van der Waals surface area contributed by atoms with Gasteiger partial charge in [0.15, 0.2) is 0 Å². The SMILES string of the molecule is CCC(CC)(c1ccccc1)C(NC)c1csc(C)c1. The van der Waals surface area contributed by atoms with Gasteiger partial charge in [-0.2, -0.15) is 0 Å². The van der Waals surface area contributed by atoms with E-state index in [2.05, 4.69) is 74.9 Å². The molecule has 0 spiro atoms. The Morgan fingerprint density at radius 1 is 1.15 bits per heavy atom. The van der Waals surface area contributed by atoms with Crippen molar-refractivity contribution in [3.05, 3.63) is 57.8 Å². The van der Waals surface area contributed by atoms with Crippen LogP contribution < -0.4 is 5.32 Å². The van der Waals surface area contributed by atoms with Crippen molar-refractivity contribution in [1.82, 2.24) is 5.32 Å². The predicted octanol–water partition coefficient (Wildman–Crippen LogP) is 5.08. The van der Waals surface area contributed by atoms with Gasteiger partial charge in [0.1, 0.15) is 0 Å². The molecule has 1 aromatic heterocycles. The maximum absolute atomic E-state index is 3.58. The average Bonchev–Trinajstić information content (AvgIpc) is 2.92. The van der Waals surface area contributed by atoms with Crippen molar-refractivity contribution in [3.8, 4) is 0 Å². The topological polar surface area (TPSA) is 12.0 Å². The van der Waals surface area contributed by atoms with Crippen LogP contribution in [0.5, 0.6) is 0 Å². The fraction of sp³-hybridized carbons (Fsp3) is 0.444. The Morgan fingerprint density at radius 3 is 2.25 bits per heavy atom. The molecule has 2 rings (SSSR count). The van der Waals surface area contributed by atoms with E-state index in [9.17, 15) is 0 Å². The molecule has 20 heavy (non-hydrogen) atoms. The summed E-state index contributed by atoms with van der Waals surface area (Å²) in [6.45, 7) is 6.79. The molecule has 2 heteroatoms. The lowest BCUT2D eigenvalue weighted by Crippen LogP contribution is -2.39. The fourth-order valence-corrected chi connectivity index (χ4v) is 4.11. The van der Waals surface area contributed by atoms with E-state index >= 15 is 0 Å². The molecule has 1 atom stereocenters. The average molecular weight is 287 g/mol. The first-order valence-corrected chi connectivity index (χ1v) is 8.33. The van der Waals surface area contributed by atoms with E-state index in [1.165, 1.54) is 16.0 Å². The lowest BCUT2D eigenvalue weighted by Gasteiger charge is -2.40. The summed E-state index contributed by atoms with van der Waals surface area (Å²) in [5, 5.41) is 5.88. The first kappa shape index (κ1) is 15.3. The minimum absolute atomic E-state index is 0.156. The third-order valence-electron chi connectivity index (χ3n) is 4.54. The van der Waals surface area contributed by atoms with E-state index < -0.39 is 0 Å². The molecule has 0 aliphatic heterocycles. The van der Waals surface area contributed by atoms with Gasteiger partial charge in [-0.1, -0.05) is 44.2 Å². The second-order valence-electron chi connectivity index (χ2n) is 5.44. The van der Waals surface area contributed by atoms with Crippen molar-refractivity contribution < 1.29 is 0 Å². The molecule has 0 saturated heterocycles. The van der Waals surface area contributed by atoms with Crippen molar-refractivity contribution in [2.75, 3.05) is 7.05 Å². The van der Waals surface area contributed by atoms with Crippen LogP contribution >= 0.6 is 11.3 Å². The van der Waals surface area contributed by atoms with Crippen molar-refractivity contribution in [1.29, 1.82) is 0 Å². The predicted molar refractivity (Wildman–Crippen MR) is 89.6 cm³/mol. The van der Waals surface area contributed by atoms with Gasteiger partial charge in [-0.25, -0.2) is 0 Å². The highest BCUT2D eigenvalue weighted by molar-refractivity contribution is 7.10. The highest BCUT2D eigenvalue weighted by atomic mass is 32.1. The second-order valence-corrected chi connectivity index (χ2v) is 6.56. The molecule has 1 aromatic carbocycles. The van der Waals surface area contributed by atoms with E-state index in [1.54, 1.807) is 0 Å². The summed E-state index contributed by atoms with van der Waals surface area (Å²) in [5.41, 5.74) is 3.01. The van der Waals surface area contributed by atoms with Crippen molar-refractivity contribution in [3.63, 3.8) is 0 Å². The Bertz CT molecular complexity index is 525. The number of nitrogens with one attached hydrogen (secondary N) is 1. The Morgan fingerprint density at radius 2 is 1.80 bits per heavy atom. The van der Waals surface area contributed by atoms with E-state index in [4.69, 9.17) is 0 Å². The van der Waals surface area contributed by atoms with E-state index in [1.807, 2.05) is 11.3 Å². The first-order valence-electron chi connectivity index (χ1n) is 7.45. The highest BCUT2D eigenvalue weighted by Gasteiger charge is 2.37. The summed E-state index contributed by atoms with van der Waals surface area (Å²) in [4.78, 5) is 1.38. The molecule has 1 unspecified atom stereocenters. The van der Waals surface area contributed by atoms with Gasteiger partial charge in [-0.05, 0) is 49.4 Å². The summed E-state index contributed by atoms with van der Waals surface area (Å²) < 4.78 is 0. The largest absolute Gasteiger partial charge is 0.312 e. The van der Waals surface area contributed by atoms with Crippen molar-refractivity contribution >= 4 is 11.3 Å². The molecular formula is C18H25NS. The van der Waals surface area contributed by atoms with Gasteiger partial charge < -0.3 is 5.32 Å². The molecule has 0 saturated carbocycles. The minimum Gasteiger partial charge on any atom is -0.312 e. The monoisotopic (exact) mass is 287 g/mol.